The van der Waals surface area contributed by atoms with Crippen molar-refractivity contribution in [2.24, 2.45) is 0 Å². The van der Waals surface area contributed by atoms with E-state index >= 15 is 0 Å². The molecule has 0 spiro atoms. The molecule has 0 unspecified atom stereocenters. The van der Waals surface area contributed by atoms with Gasteiger partial charge in [0.1, 0.15) is 5.76 Å². The van der Waals surface area contributed by atoms with Gasteiger partial charge >= 0.3 is 0 Å². The number of amides is 2. The minimum absolute atomic E-state index is 0.134. The third-order valence-electron chi connectivity index (χ3n) is 2.88. The van der Waals surface area contributed by atoms with E-state index in [0.29, 0.717) is 22.8 Å². The smallest absolute Gasteiger partial charge is 0.269 e. The molecule has 3 rings (SSSR count). The molecule has 7 nitrogen and oxygen atoms in total. The summed E-state index contributed by atoms with van der Waals surface area (Å²) in [6, 6.07) is 8.17. The van der Waals surface area contributed by atoms with Gasteiger partial charge in [0.2, 0.25) is 6.79 Å². The summed E-state index contributed by atoms with van der Waals surface area (Å²) >= 11 is 0. The van der Waals surface area contributed by atoms with Gasteiger partial charge in [0.25, 0.3) is 11.8 Å². The predicted molar refractivity (Wildman–Crippen MR) is 75.9 cm³/mol. The molecule has 0 atom stereocenters. The lowest BCUT2D eigenvalue weighted by Crippen LogP contribution is -2.40. The monoisotopic (exact) mass is 300 g/mol. The molecule has 2 heterocycles. The molecular weight excluding hydrogens is 288 g/mol. The number of hydrogen-bond acceptors (Lipinski definition) is 5. The van der Waals surface area contributed by atoms with E-state index in [2.05, 4.69) is 10.9 Å². The number of ether oxygens (including phenoxy) is 2. The molecule has 2 amide bonds. The Labute approximate surface area is 125 Å². The largest absolute Gasteiger partial charge is 0.465 e. The molecule has 0 bridgehead atoms. The molecule has 7 heteroatoms. The third kappa shape index (κ3) is 3.09. The molecule has 2 N–H and O–H groups in total. The van der Waals surface area contributed by atoms with Crippen molar-refractivity contribution in [3.63, 3.8) is 0 Å². The molecule has 112 valence electrons. The van der Waals surface area contributed by atoms with Crippen LogP contribution in [0.1, 0.15) is 16.1 Å². The number of carbonyl (C=O) groups excluding carboxylic acids is 2. The van der Waals surface area contributed by atoms with Crippen LogP contribution in [0.2, 0.25) is 0 Å². The molecular formula is C15H12N2O5. The Bertz CT molecular complexity index is 722. The summed E-state index contributed by atoms with van der Waals surface area (Å²) in [5, 5.41) is 0. The van der Waals surface area contributed by atoms with Gasteiger partial charge in [-0.15, -0.1) is 0 Å². The Hall–Kier alpha value is -3.22. The average molecular weight is 300 g/mol. The summed E-state index contributed by atoms with van der Waals surface area (Å²) in [4.78, 5) is 23.5. The lowest BCUT2D eigenvalue weighted by atomic mass is 10.2. The maximum atomic E-state index is 11.9. The van der Waals surface area contributed by atoms with Crippen molar-refractivity contribution in [1.82, 2.24) is 10.9 Å². The van der Waals surface area contributed by atoms with Crippen molar-refractivity contribution in [2.45, 2.75) is 0 Å². The SMILES string of the molecule is O=C(/C=C/c1ccco1)NNC(=O)c1ccc2c(c1)OCO2. The number of hydrogen-bond donors (Lipinski definition) is 2. The maximum Gasteiger partial charge on any atom is 0.269 e. The lowest BCUT2D eigenvalue weighted by molar-refractivity contribution is -0.117. The van der Waals surface area contributed by atoms with Crippen molar-refractivity contribution in [3.05, 3.63) is 54.0 Å². The fourth-order valence-electron chi connectivity index (χ4n) is 1.81. The summed E-state index contributed by atoms with van der Waals surface area (Å²) in [5.74, 6) is 0.680. The summed E-state index contributed by atoms with van der Waals surface area (Å²) in [7, 11) is 0. The lowest BCUT2D eigenvalue weighted by Gasteiger charge is -2.05. The minimum Gasteiger partial charge on any atom is -0.465 e. The van der Waals surface area contributed by atoms with E-state index in [-0.39, 0.29) is 6.79 Å². The first-order valence-electron chi connectivity index (χ1n) is 6.44. The molecule has 1 aliphatic rings. The second-order valence-electron chi connectivity index (χ2n) is 4.36. The molecule has 22 heavy (non-hydrogen) atoms. The second-order valence-corrected chi connectivity index (χ2v) is 4.36. The zero-order valence-electron chi connectivity index (χ0n) is 11.4. The molecule has 0 radical (unpaired) electrons. The van der Waals surface area contributed by atoms with Gasteiger partial charge in [0, 0.05) is 11.6 Å². The standard InChI is InChI=1S/C15H12N2O5/c18-14(6-4-11-2-1-7-20-11)16-17-15(19)10-3-5-12-13(8-10)22-9-21-12/h1-8H,9H2,(H,16,18)(H,17,19)/b6-4+. The fourth-order valence-corrected chi connectivity index (χ4v) is 1.81. The van der Waals surface area contributed by atoms with Gasteiger partial charge in [-0.25, -0.2) is 0 Å². The highest BCUT2D eigenvalue weighted by atomic mass is 16.7. The maximum absolute atomic E-state index is 11.9. The Balaban J connectivity index is 1.55. The van der Waals surface area contributed by atoms with Crippen LogP contribution in [0, 0.1) is 0 Å². The third-order valence-corrected chi connectivity index (χ3v) is 2.88. The van der Waals surface area contributed by atoms with Crippen LogP contribution in [0.15, 0.2) is 47.1 Å². The Morgan fingerprint density at radius 3 is 2.77 bits per heavy atom. The van der Waals surface area contributed by atoms with Crippen LogP contribution in [0.5, 0.6) is 11.5 Å². The number of carbonyl (C=O) groups is 2. The van der Waals surface area contributed by atoms with Crippen molar-refractivity contribution >= 4 is 17.9 Å². The normalized spacial score (nSPS) is 12.4. The Morgan fingerprint density at radius 2 is 1.95 bits per heavy atom. The van der Waals surface area contributed by atoms with Crippen LogP contribution >= 0.6 is 0 Å². The summed E-state index contributed by atoms with van der Waals surface area (Å²) in [5.41, 5.74) is 4.92. The zero-order valence-corrected chi connectivity index (χ0v) is 11.4. The van der Waals surface area contributed by atoms with Gasteiger partial charge in [-0.3, -0.25) is 20.4 Å². The van der Waals surface area contributed by atoms with Gasteiger partial charge < -0.3 is 13.9 Å². The van der Waals surface area contributed by atoms with Gasteiger partial charge in [-0.2, -0.15) is 0 Å². The highest BCUT2D eigenvalue weighted by Crippen LogP contribution is 2.32. The number of furan rings is 1. The van der Waals surface area contributed by atoms with Crippen molar-refractivity contribution < 1.29 is 23.5 Å². The summed E-state index contributed by atoms with van der Waals surface area (Å²) in [6.07, 6.45) is 4.24. The van der Waals surface area contributed by atoms with Crippen molar-refractivity contribution in [1.29, 1.82) is 0 Å². The number of rotatable bonds is 3. The zero-order chi connectivity index (χ0) is 15.4. The molecule has 1 aliphatic heterocycles. The number of nitrogens with one attached hydrogen (secondary N) is 2. The number of benzene rings is 1. The van der Waals surface area contributed by atoms with E-state index in [4.69, 9.17) is 13.9 Å². The molecule has 0 aliphatic carbocycles. The molecule has 1 aromatic heterocycles. The first-order valence-corrected chi connectivity index (χ1v) is 6.44. The predicted octanol–water partition coefficient (Wildman–Crippen LogP) is 1.48. The van der Waals surface area contributed by atoms with Crippen LogP contribution < -0.4 is 20.3 Å². The van der Waals surface area contributed by atoms with Gasteiger partial charge in [0.05, 0.1) is 6.26 Å². The number of fused-ring (bicyclic) bond motifs is 1. The van der Waals surface area contributed by atoms with E-state index in [0.717, 1.165) is 0 Å². The molecule has 0 saturated carbocycles. The molecule has 0 fully saturated rings. The van der Waals surface area contributed by atoms with E-state index in [9.17, 15) is 9.59 Å². The van der Waals surface area contributed by atoms with E-state index in [1.807, 2.05) is 0 Å². The molecule has 2 aromatic rings. The first kappa shape index (κ1) is 13.7. The molecule has 1 aromatic carbocycles. The van der Waals surface area contributed by atoms with Crippen LogP contribution in [-0.4, -0.2) is 18.6 Å². The Morgan fingerprint density at radius 1 is 1.09 bits per heavy atom. The Kier molecular flexibility index (Phi) is 3.78. The minimum atomic E-state index is -0.481. The van der Waals surface area contributed by atoms with Gasteiger partial charge in [-0.1, -0.05) is 0 Å². The summed E-state index contributed by atoms with van der Waals surface area (Å²) < 4.78 is 15.4. The fraction of sp³-hybridized carbons (Fsp3) is 0.0667. The summed E-state index contributed by atoms with van der Waals surface area (Å²) in [6.45, 7) is 0.134. The van der Waals surface area contributed by atoms with Crippen LogP contribution in [0.25, 0.3) is 6.08 Å². The quantitative estimate of drug-likeness (QED) is 0.662. The van der Waals surface area contributed by atoms with E-state index < -0.39 is 11.8 Å². The molecule has 0 saturated heterocycles. The van der Waals surface area contributed by atoms with Crippen LogP contribution in [0.3, 0.4) is 0 Å². The second kappa shape index (κ2) is 6.04. The average Bonchev–Trinajstić information content (AvgIpc) is 3.20. The highest BCUT2D eigenvalue weighted by molar-refractivity contribution is 5.98. The van der Waals surface area contributed by atoms with Crippen molar-refractivity contribution in [2.75, 3.05) is 6.79 Å². The van der Waals surface area contributed by atoms with Crippen LogP contribution in [0.4, 0.5) is 0 Å². The van der Waals surface area contributed by atoms with Gasteiger partial charge in [-0.05, 0) is 36.4 Å². The van der Waals surface area contributed by atoms with Crippen molar-refractivity contribution in [3.8, 4) is 11.5 Å². The highest BCUT2D eigenvalue weighted by Gasteiger charge is 2.16. The first-order chi connectivity index (χ1) is 10.7. The van der Waals surface area contributed by atoms with E-state index in [1.54, 1.807) is 30.3 Å². The topological polar surface area (TPSA) is 89.8 Å². The number of hydrazine groups is 1. The van der Waals surface area contributed by atoms with Crippen LogP contribution in [-0.2, 0) is 4.79 Å². The van der Waals surface area contributed by atoms with E-state index in [1.165, 1.54) is 18.4 Å². The van der Waals surface area contributed by atoms with Gasteiger partial charge in [0.15, 0.2) is 11.5 Å².